The molecule has 90 heavy (non-hydrogen) atoms. The SMILES string of the molecule is C.CC(=O)c1cn(CC(=O)N2C[C@H](F)C[C@H]2C(=O)Nc2cnc(C)c(Br)n2)c2ccc(-c3ccc4nc(C)nn4c3)cc12.CC(=O)c1nn(CC(=O)O)c2ccc(-c3ccc4nc(C)nn4c3)cc12.Cc1ncc(NC(=O)[C@@H]2C[C@@H](F)CN2)nc1Br.Cl.S.S=S. The van der Waals surface area contributed by atoms with E-state index in [2.05, 4.69) is 115 Å². The topological polar surface area (TPSA) is 297 Å². The summed E-state index contributed by atoms with van der Waals surface area (Å²) in [6.45, 7) is 9.66. The zero-order valence-electron chi connectivity index (χ0n) is 48.1. The monoisotopic (exact) mass is 1430 g/mol. The molecule has 0 radical (unpaired) electrons. The lowest BCUT2D eigenvalue weighted by atomic mass is 10.0. The van der Waals surface area contributed by atoms with Crippen LogP contribution in [-0.2, 0) is 54.6 Å². The number of carboxylic acid groups (broad SMARTS) is 1. The molecule has 10 aromatic rings. The molecule has 472 valence electrons. The molecule has 4 N–H and O–H groups in total. The molecular formula is C58H60Br2ClF2N17O7S3. The van der Waals surface area contributed by atoms with Gasteiger partial charge in [-0.05, 0) is 126 Å². The number of hydrogen-bond donors (Lipinski definition) is 4. The maximum Gasteiger partial charge on any atom is 0.325 e. The number of likely N-dealkylation sites (tertiary alicyclic amines) is 1. The number of pyridine rings is 2. The standard InChI is InChI=1S/C29H26BrFN8O3.C18H15N5O3.C10H12BrFN4O.CH4.ClH.S2.H2S/c1-15-28(30)34-25(10-32-15)35-29(42)24-9-20(31)12-38(24)27(41)14-37-13-22(16(2)40)21-8-18(4-6-23(21)37)19-5-7-26-33-17(3)36-39(26)11-19;1-10(24)18-14-7-12(3-5-15(14)22(21-18)9-17(25)26)13-4-6-16-19-11(2)20-23(16)8-13;1-5-9(11)15-8(4-13-5)16-10(17)7-2-6(12)3-14-7;;;1-2;/h4-8,10-11,13,20,24H,9,12,14H2,1-3H3,(H,34,35,42);3-8H,9H2,1-2H3,(H,25,26);4,6-7,14H,2-3H2,1H3,(H,15,16,17);1H4;1H;;1H2/t20-,24+;;6-,7+;;;;/m1.1..../s1. The minimum atomic E-state index is -1.34. The van der Waals surface area contributed by atoms with Gasteiger partial charge >= 0.3 is 5.97 Å². The second kappa shape index (κ2) is 30.6. The highest BCUT2D eigenvalue weighted by molar-refractivity contribution is 9.10. The molecule has 2 aromatic carbocycles. The van der Waals surface area contributed by atoms with E-state index in [1.807, 2.05) is 80.8 Å². The van der Waals surface area contributed by atoms with Gasteiger partial charge in [0.2, 0.25) is 17.7 Å². The van der Waals surface area contributed by atoms with Crippen LogP contribution < -0.4 is 16.0 Å². The number of aliphatic carboxylic acids is 1. The summed E-state index contributed by atoms with van der Waals surface area (Å²) < 4.78 is 34.9. The van der Waals surface area contributed by atoms with Gasteiger partial charge in [-0.3, -0.25) is 43.4 Å². The van der Waals surface area contributed by atoms with E-state index >= 15 is 0 Å². The molecule has 2 saturated heterocycles. The number of halogens is 5. The average molecular weight is 1440 g/mol. The maximum atomic E-state index is 14.5. The Kier molecular flexibility index (Phi) is 24.2. The van der Waals surface area contributed by atoms with Crippen LogP contribution in [0.1, 0.15) is 78.0 Å². The normalized spacial score (nSPS) is 15.6. The third-order valence-electron chi connectivity index (χ3n) is 14.0. The summed E-state index contributed by atoms with van der Waals surface area (Å²) in [6, 6.07) is 17.3. The fraction of sp³-hybridized carbons (Fsp3) is 0.293. The van der Waals surface area contributed by atoms with Crippen LogP contribution in [0.5, 0.6) is 0 Å². The fourth-order valence-corrected chi connectivity index (χ4v) is 10.5. The van der Waals surface area contributed by atoms with Gasteiger partial charge in [-0.25, -0.2) is 37.7 Å². The molecule has 0 saturated carbocycles. The highest BCUT2D eigenvalue weighted by Crippen LogP contribution is 2.31. The Morgan fingerprint density at radius 3 is 1.69 bits per heavy atom. The predicted octanol–water partition coefficient (Wildman–Crippen LogP) is 8.99. The van der Waals surface area contributed by atoms with Crippen molar-refractivity contribution >= 4 is 160 Å². The summed E-state index contributed by atoms with van der Waals surface area (Å²) >= 11 is 13.8. The molecule has 8 aromatic heterocycles. The number of carbonyl (C=O) groups is 6. The molecule has 2 fully saturated rings. The molecule has 32 heteroatoms. The molecule has 0 unspecified atom stereocenters. The van der Waals surface area contributed by atoms with Gasteiger partial charge in [0.05, 0.1) is 41.9 Å². The van der Waals surface area contributed by atoms with Crippen LogP contribution in [0.15, 0.2) is 101 Å². The number of rotatable bonds is 12. The van der Waals surface area contributed by atoms with Crippen molar-refractivity contribution in [2.24, 2.45) is 0 Å². The molecule has 2 aliphatic heterocycles. The molecule has 24 nitrogen and oxygen atoms in total. The molecular weight excluding hydrogens is 1380 g/mol. The van der Waals surface area contributed by atoms with Crippen molar-refractivity contribution in [1.29, 1.82) is 0 Å². The number of aryl methyl sites for hydroxylation is 4. The Bertz CT molecular complexity index is 4360. The summed E-state index contributed by atoms with van der Waals surface area (Å²) in [4.78, 5) is 100. The average Bonchev–Trinajstić information content (AvgIpc) is 1.63. The van der Waals surface area contributed by atoms with Gasteiger partial charge in [0.25, 0.3) is 0 Å². The van der Waals surface area contributed by atoms with Crippen LogP contribution in [0.4, 0.5) is 20.4 Å². The molecule has 4 atom stereocenters. The van der Waals surface area contributed by atoms with Gasteiger partial charge in [-0.15, -0.1) is 12.4 Å². The van der Waals surface area contributed by atoms with Gasteiger partial charge in [0.1, 0.15) is 58.0 Å². The van der Waals surface area contributed by atoms with Crippen LogP contribution in [0.2, 0.25) is 0 Å². The summed E-state index contributed by atoms with van der Waals surface area (Å²) in [5.74, 6) is -0.731. The number of carbonyl (C=O) groups excluding carboxylic acids is 5. The van der Waals surface area contributed by atoms with Crippen LogP contribution in [0, 0.1) is 27.7 Å². The Morgan fingerprint density at radius 2 is 1.19 bits per heavy atom. The van der Waals surface area contributed by atoms with Crippen molar-refractivity contribution in [2.75, 3.05) is 23.7 Å². The molecule has 2 aliphatic rings. The Balaban J connectivity index is 0.000000229. The third kappa shape index (κ3) is 16.3. The van der Waals surface area contributed by atoms with Crippen LogP contribution in [-0.4, -0.2) is 146 Å². The van der Waals surface area contributed by atoms with Crippen LogP contribution in [0.3, 0.4) is 0 Å². The first kappa shape index (κ1) is 71.0. The molecule has 10 heterocycles. The van der Waals surface area contributed by atoms with E-state index in [1.54, 1.807) is 39.7 Å². The summed E-state index contributed by atoms with van der Waals surface area (Å²) in [5, 5.41) is 31.3. The van der Waals surface area contributed by atoms with Crippen molar-refractivity contribution in [1.82, 2.24) is 73.7 Å². The number of nitrogens with zero attached hydrogens (tertiary/aromatic N) is 14. The van der Waals surface area contributed by atoms with Crippen molar-refractivity contribution in [3.8, 4) is 22.3 Å². The van der Waals surface area contributed by atoms with Crippen molar-refractivity contribution in [2.45, 2.75) is 99.3 Å². The number of hydrogen-bond acceptors (Lipinski definition) is 18. The van der Waals surface area contributed by atoms with Gasteiger partial charge in [0.15, 0.2) is 34.5 Å². The Morgan fingerprint density at radius 1 is 0.667 bits per heavy atom. The highest BCUT2D eigenvalue weighted by atomic mass is 79.9. The number of nitrogens with one attached hydrogen (secondary N) is 3. The first-order chi connectivity index (χ1) is 41.5. The second-order valence-corrected chi connectivity index (χ2v) is 21.8. The van der Waals surface area contributed by atoms with Gasteiger partial charge < -0.3 is 30.5 Å². The molecule has 12 rings (SSSR count). The first-order valence-corrected chi connectivity index (χ1v) is 29.6. The molecule has 0 spiro atoms. The number of anilines is 2. The summed E-state index contributed by atoms with van der Waals surface area (Å²) in [6.07, 6.45) is 6.03. The largest absolute Gasteiger partial charge is 0.480 e. The number of fused-ring (bicyclic) bond motifs is 4. The number of Topliss-reactive ketones (excluding diaryl/α,β-unsaturated/α-hetero) is 2. The van der Waals surface area contributed by atoms with Gasteiger partial charge in [-0.2, -0.15) is 28.8 Å². The van der Waals surface area contributed by atoms with Crippen molar-refractivity contribution in [3.63, 3.8) is 0 Å². The first-order valence-electron chi connectivity index (χ1n) is 26.7. The maximum absolute atomic E-state index is 14.5. The van der Waals surface area contributed by atoms with E-state index in [4.69, 9.17) is 5.11 Å². The quantitative estimate of drug-likeness (QED) is 0.0829. The smallest absolute Gasteiger partial charge is 0.325 e. The summed E-state index contributed by atoms with van der Waals surface area (Å²) in [7, 11) is 0. The Hall–Kier alpha value is -8.07. The fourth-order valence-electron chi connectivity index (χ4n) is 9.92. The van der Waals surface area contributed by atoms with E-state index < -0.39 is 42.2 Å². The number of aromatic nitrogens is 13. The molecule has 0 bridgehead atoms. The number of amides is 3. The predicted molar refractivity (Wildman–Crippen MR) is 354 cm³/mol. The zero-order chi connectivity index (χ0) is 62.5. The van der Waals surface area contributed by atoms with Gasteiger partial charge in [-0.1, -0.05) is 19.6 Å². The van der Waals surface area contributed by atoms with Crippen molar-refractivity contribution < 1.29 is 42.7 Å². The van der Waals surface area contributed by atoms with Gasteiger partial charge in [0, 0.05) is 100 Å². The minimum Gasteiger partial charge on any atom is -0.480 e. The van der Waals surface area contributed by atoms with Crippen molar-refractivity contribution in [3.05, 3.63) is 135 Å². The number of ketones is 2. The number of benzene rings is 2. The van der Waals surface area contributed by atoms with Crippen LogP contribution >= 0.6 is 57.8 Å². The lowest BCUT2D eigenvalue weighted by Gasteiger charge is -2.24. The lowest BCUT2D eigenvalue weighted by molar-refractivity contribution is -0.138. The van der Waals surface area contributed by atoms with E-state index in [9.17, 15) is 37.5 Å². The number of carboxylic acids is 1. The molecule has 0 aliphatic carbocycles. The van der Waals surface area contributed by atoms with E-state index in [-0.39, 0.29) is 101 Å². The van der Waals surface area contributed by atoms with Crippen LogP contribution in [0.25, 0.3) is 55.4 Å². The van der Waals surface area contributed by atoms with E-state index in [0.29, 0.717) is 59.7 Å². The number of alkyl halides is 2. The second-order valence-electron chi connectivity index (χ2n) is 20.3. The summed E-state index contributed by atoms with van der Waals surface area (Å²) in [5.41, 5.74) is 8.43. The Labute approximate surface area is 553 Å². The van der Waals surface area contributed by atoms with E-state index in [1.165, 1.54) is 35.8 Å². The van der Waals surface area contributed by atoms with E-state index in [0.717, 1.165) is 39.2 Å². The minimum absolute atomic E-state index is 0. The molecule has 3 amide bonds. The lowest BCUT2D eigenvalue weighted by Crippen LogP contribution is -2.44. The third-order valence-corrected chi connectivity index (χ3v) is 15.5. The zero-order valence-corrected chi connectivity index (χ0v) is 54.7. The highest BCUT2D eigenvalue weighted by Gasteiger charge is 2.40.